The quantitative estimate of drug-likeness (QED) is 0.171. The number of benzene rings is 9. The average Bonchev–Trinajstić information content (AvgIpc) is 3.59. The zero-order valence-corrected chi connectivity index (χ0v) is 29.5. The van der Waals surface area contributed by atoms with Crippen molar-refractivity contribution in [1.82, 2.24) is 4.57 Å². The van der Waals surface area contributed by atoms with Gasteiger partial charge in [-0.05, 0) is 79.8 Å². The zero-order valence-electron chi connectivity index (χ0n) is 29.5. The third kappa shape index (κ3) is 4.08. The minimum Gasteiger partial charge on any atom is -0.313 e. The molecule has 2 aliphatic heterocycles. The summed E-state index contributed by atoms with van der Waals surface area (Å²) in [4.78, 5) is 2.56. The van der Waals surface area contributed by atoms with Crippen molar-refractivity contribution in [3.8, 4) is 5.69 Å². The topological polar surface area (TPSA) is 8.17 Å². The van der Waals surface area contributed by atoms with E-state index in [0.29, 0.717) is 0 Å². The van der Waals surface area contributed by atoms with Gasteiger partial charge in [-0.2, -0.15) is 0 Å². The molecule has 0 spiro atoms. The summed E-state index contributed by atoms with van der Waals surface area (Å²) < 4.78 is 2.51. The molecule has 54 heavy (non-hydrogen) atoms. The van der Waals surface area contributed by atoms with Crippen LogP contribution in [0.2, 0.25) is 0 Å². The second-order valence-corrected chi connectivity index (χ2v) is 14.8. The maximum atomic E-state index is 2.56. The molecule has 0 aliphatic carbocycles. The number of para-hydroxylation sites is 2. The van der Waals surface area contributed by atoms with Crippen LogP contribution in [0.1, 0.15) is 0 Å². The highest BCUT2D eigenvalue weighted by Crippen LogP contribution is 2.42. The zero-order chi connectivity index (χ0) is 35.3. The second kappa shape index (κ2) is 11.4. The van der Waals surface area contributed by atoms with Gasteiger partial charge >= 0.3 is 0 Å². The van der Waals surface area contributed by atoms with Crippen LogP contribution in [0.5, 0.6) is 0 Å². The lowest BCUT2D eigenvalue weighted by molar-refractivity contribution is 1.18. The van der Waals surface area contributed by atoms with E-state index in [4.69, 9.17) is 0 Å². The predicted molar refractivity (Wildman–Crippen MR) is 233 cm³/mol. The molecular weight excluding hydrogens is 650 g/mol. The summed E-state index contributed by atoms with van der Waals surface area (Å²) in [6, 6.07) is 72.3. The second-order valence-electron chi connectivity index (χ2n) is 14.8. The van der Waals surface area contributed by atoms with Crippen molar-refractivity contribution >= 4 is 107 Å². The van der Waals surface area contributed by atoms with Crippen molar-refractivity contribution in [1.29, 1.82) is 0 Å². The monoisotopic (exact) mass is 682 g/mol. The highest BCUT2D eigenvalue weighted by Gasteiger charge is 2.43. The summed E-state index contributed by atoms with van der Waals surface area (Å²) in [5, 5.41) is 7.71. The normalized spacial score (nSPS) is 13.1. The maximum absolute atomic E-state index is 2.56. The van der Waals surface area contributed by atoms with Gasteiger partial charge in [0.05, 0.1) is 11.0 Å². The number of anilines is 3. The number of hydrogen-bond donors (Lipinski definition) is 0. The first-order chi connectivity index (χ1) is 26.8. The Balaban J connectivity index is 1.17. The number of fused-ring (bicyclic) bond motifs is 11. The van der Waals surface area contributed by atoms with Crippen LogP contribution in [0, 0.1) is 0 Å². The van der Waals surface area contributed by atoms with Gasteiger partial charge < -0.3 is 9.47 Å². The SMILES string of the molecule is c1ccc(B2c3ccccc3N3c4ccc(-n5c6ccc7ccccc7c6c6c7ccccc7ccc65)cc4B(c4ccccc4)c4cccc2c43)cc1. The summed E-state index contributed by atoms with van der Waals surface area (Å²) in [6.45, 7) is 0.205. The molecule has 4 heteroatoms. The molecule has 248 valence electrons. The van der Waals surface area contributed by atoms with Crippen molar-refractivity contribution in [3.05, 3.63) is 194 Å². The molecule has 9 aromatic carbocycles. The van der Waals surface area contributed by atoms with Crippen LogP contribution >= 0.6 is 0 Å². The van der Waals surface area contributed by atoms with E-state index >= 15 is 0 Å². The maximum Gasteiger partial charge on any atom is 0.246 e. The Morgan fingerprint density at radius 1 is 0.352 bits per heavy atom. The standard InChI is InChI=1S/C50H32B2N2/c1-3-16-35(17-4-1)51-40-22-11-12-25-44(40)54-45-31-28-37(32-43(45)52(36-18-5-2-6-19-36)42-24-13-23-41(51)50(42)54)53-46-29-26-33-14-7-9-20-38(33)48(46)49-39-21-10-8-15-34(39)27-30-47(49)53/h1-32H. The van der Waals surface area contributed by atoms with Gasteiger partial charge in [0, 0.05) is 33.5 Å². The Morgan fingerprint density at radius 3 is 1.48 bits per heavy atom. The van der Waals surface area contributed by atoms with Gasteiger partial charge in [0.1, 0.15) is 0 Å². The average molecular weight is 682 g/mol. The molecule has 0 bridgehead atoms. The Hall–Kier alpha value is -6.77. The van der Waals surface area contributed by atoms with E-state index in [2.05, 4.69) is 204 Å². The van der Waals surface area contributed by atoms with Crippen LogP contribution in [-0.2, 0) is 0 Å². The van der Waals surface area contributed by atoms with E-state index in [0.717, 1.165) is 0 Å². The van der Waals surface area contributed by atoms with Crippen molar-refractivity contribution < 1.29 is 0 Å². The summed E-state index contributed by atoms with van der Waals surface area (Å²) in [5.74, 6) is 0. The first kappa shape index (κ1) is 29.8. The van der Waals surface area contributed by atoms with E-state index in [1.807, 2.05) is 0 Å². The third-order valence-corrected chi connectivity index (χ3v) is 12.1. The van der Waals surface area contributed by atoms with Crippen molar-refractivity contribution in [3.63, 3.8) is 0 Å². The molecule has 10 aromatic rings. The van der Waals surface area contributed by atoms with Crippen LogP contribution in [0.15, 0.2) is 194 Å². The van der Waals surface area contributed by atoms with Crippen molar-refractivity contribution in [2.75, 3.05) is 4.90 Å². The number of hydrogen-bond acceptors (Lipinski definition) is 1. The number of rotatable bonds is 3. The van der Waals surface area contributed by atoms with Gasteiger partial charge in [-0.3, -0.25) is 0 Å². The van der Waals surface area contributed by atoms with E-state index < -0.39 is 0 Å². The molecule has 1 aromatic heterocycles. The summed E-state index contributed by atoms with van der Waals surface area (Å²) in [7, 11) is 0. The van der Waals surface area contributed by atoms with Gasteiger partial charge in [0.15, 0.2) is 0 Å². The lowest BCUT2D eigenvalue weighted by Gasteiger charge is -2.44. The van der Waals surface area contributed by atoms with Crippen LogP contribution in [0.4, 0.5) is 17.1 Å². The molecule has 2 nitrogen and oxygen atoms in total. The first-order valence-electron chi connectivity index (χ1n) is 18.9. The fraction of sp³-hybridized carbons (Fsp3) is 0. The summed E-state index contributed by atoms with van der Waals surface area (Å²) >= 11 is 0. The highest BCUT2D eigenvalue weighted by molar-refractivity contribution is 7.02. The molecule has 2 aliphatic rings. The largest absolute Gasteiger partial charge is 0.313 e. The van der Waals surface area contributed by atoms with E-state index in [1.165, 1.54) is 98.9 Å². The van der Waals surface area contributed by atoms with E-state index in [-0.39, 0.29) is 13.4 Å². The lowest BCUT2D eigenvalue weighted by Crippen LogP contribution is -2.64. The van der Waals surface area contributed by atoms with Crippen molar-refractivity contribution in [2.24, 2.45) is 0 Å². The third-order valence-electron chi connectivity index (χ3n) is 12.1. The fourth-order valence-electron chi connectivity index (χ4n) is 9.90. The van der Waals surface area contributed by atoms with Gasteiger partial charge in [0.25, 0.3) is 0 Å². The van der Waals surface area contributed by atoms with Crippen LogP contribution in [0.3, 0.4) is 0 Å². The van der Waals surface area contributed by atoms with E-state index in [9.17, 15) is 0 Å². The summed E-state index contributed by atoms with van der Waals surface area (Å²) in [5.41, 5.74) is 15.4. The van der Waals surface area contributed by atoms with Gasteiger partial charge in [-0.25, -0.2) is 0 Å². The smallest absolute Gasteiger partial charge is 0.246 e. The van der Waals surface area contributed by atoms with Gasteiger partial charge in [-0.15, -0.1) is 0 Å². The minimum absolute atomic E-state index is 0.0591. The van der Waals surface area contributed by atoms with Crippen LogP contribution in [0.25, 0.3) is 49.0 Å². The molecule has 3 heterocycles. The summed E-state index contributed by atoms with van der Waals surface area (Å²) in [6.07, 6.45) is 0. The fourth-order valence-corrected chi connectivity index (χ4v) is 9.90. The first-order valence-corrected chi connectivity index (χ1v) is 18.9. The lowest BCUT2D eigenvalue weighted by atomic mass is 9.30. The molecule has 0 amide bonds. The molecule has 0 radical (unpaired) electrons. The molecule has 0 saturated heterocycles. The van der Waals surface area contributed by atoms with Crippen molar-refractivity contribution in [2.45, 2.75) is 0 Å². The molecule has 0 unspecified atom stereocenters. The van der Waals surface area contributed by atoms with Gasteiger partial charge in [-0.1, -0.05) is 169 Å². The molecule has 0 saturated carbocycles. The Bertz CT molecular complexity index is 3040. The molecule has 0 fully saturated rings. The Morgan fingerprint density at radius 2 is 0.852 bits per heavy atom. The predicted octanol–water partition coefficient (Wildman–Crippen LogP) is 8.22. The molecule has 12 rings (SSSR count). The Labute approximate surface area is 314 Å². The minimum atomic E-state index is 0.0591. The highest BCUT2D eigenvalue weighted by atomic mass is 15.2. The van der Waals surface area contributed by atoms with Gasteiger partial charge in [0.2, 0.25) is 13.4 Å². The molecule has 0 atom stereocenters. The van der Waals surface area contributed by atoms with Crippen LogP contribution in [-0.4, -0.2) is 18.0 Å². The molecule has 0 N–H and O–H groups in total. The van der Waals surface area contributed by atoms with E-state index in [1.54, 1.807) is 0 Å². The molecular formula is C50H32B2N2. The Kier molecular flexibility index (Phi) is 6.26. The number of aromatic nitrogens is 1. The number of nitrogens with zero attached hydrogens (tertiary/aromatic N) is 2. The van der Waals surface area contributed by atoms with Crippen LogP contribution < -0.4 is 37.7 Å².